The minimum Gasteiger partial charge on any atom is -0.452 e. The van der Waals surface area contributed by atoms with Crippen LogP contribution >= 0.6 is 23.4 Å². The van der Waals surface area contributed by atoms with Crippen LogP contribution < -0.4 is 15.5 Å². The first-order valence-electron chi connectivity index (χ1n) is 14.4. The number of likely N-dealkylation sites (tertiary alicyclic amines) is 1. The van der Waals surface area contributed by atoms with Gasteiger partial charge in [-0.15, -0.1) is 11.8 Å². The maximum Gasteiger partial charge on any atom is 0.311 e. The lowest BCUT2D eigenvalue weighted by Crippen LogP contribution is -2.33. The molecule has 3 amide bonds. The fraction of sp³-hybridized carbons (Fsp3) is 0.467. The largest absolute Gasteiger partial charge is 0.452 e. The van der Waals surface area contributed by atoms with Crippen molar-refractivity contribution < 1.29 is 33.4 Å². The number of halogens is 1. The molecule has 0 bridgehead atoms. The Bertz CT molecular complexity index is 1530. The normalized spacial score (nSPS) is 15.0. The minimum atomic E-state index is -0.656. The predicted octanol–water partition coefficient (Wildman–Crippen LogP) is 4.53. The summed E-state index contributed by atoms with van der Waals surface area (Å²) < 4.78 is 11.4. The highest BCUT2D eigenvalue weighted by molar-refractivity contribution is 8.00. The van der Waals surface area contributed by atoms with Gasteiger partial charge in [0.05, 0.1) is 16.2 Å². The van der Waals surface area contributed by atoms with Crippen LogP contribution in [0.25, 0.3) is 22.6 Å². The molecule has 1 fully saturated rings. The Kier molecular flexibility index (Phi) is 11.5. The van der Waals surface area contributed by atoms with Crippen molar-refractivity contribution in [3.05, 3.63) is 45.1 Å². The number of unbranched alkanes of at least 4 members (excludes halogenated alkanes) is 5. The number of ether oxygens (including phenoxy) is 1. The Balaban J connectivity index is 1.41. The molecule has 1 aromatic carbocycles. The van der Waals surface area contributed by atoms with Gasteiger partial charge in [0.15, 0.2) is 22.5 Å². The van der Waals surface area contributed by atoms with Crippen molar-refractivity contribution in [3.63, 3.8) is 0 Å². The number of fused-ring (bicyclic) bond motifs is 2. The van der Waals surface area contributed by atoms with Gasteiger partial charge in [0.25, 0.3) is 5.91 Å². The van der Waals surface area contributed by atoms with E-state index in [4.69, 9.17) is 25.9 Å². The lowest BCUT2D eigenvalue weighted by Gasteiger charge is -2.15. The Morgan fingerprint density at radius 3 is 2.70 bits per heavy atom. The highest BCUT2D eigenvalue weighted by atomic mass is 35.5. The van der Waals surface area contributed by atoms with Gasteiger partial charge in [0.2, 0.25) is 11.8 Å². The number of amides is 3. The zero-order valence-electron chi connectivity index (χ0n) is 23.9. The van der Waals surface area contributed by atoms with Gasteiger partial charge < -0.3 is 19.6 Å². The number of thioether (sulfide) groups is 1. The van der Waals surface area contributed by atoms with E-state index in [1.807, 2.05) is 0 Å². The second kappa shape index (κ2) is 15.3. The quantitative estimate of drug-likeness (QED) is 0.0610. The number of aliphatic hydroxyl groups excluding tert-OH is 1. The molecular weight excluding hydrogens is 598 g/mol. The molecule has 2 heterocycles. The average molecular weight is 632 g/mol. The summed E-state index contributed by atoms with van der Waals surface area (Å²) in [6.45, 7) is 2.51. The van der Waals surface area contributed by atoms with Gasteiger partial charge >= 0.3 is 5.97 Å². The van der Waals surface area contributed by atoms with Gasteiger partial charge in [-0.1, -0.05) is 44.2 Å². The molecule has 1 aromatic rings. The van der Waals surface area contributed by atoms with Crippen LogP contribution in [0.15, 0.2) is 33.5 Å². The number of nitrogens with one attached hydrogen (secondary N) is 1. The molecule has 1 atom stereocenters. The molecule has 13 heteroatoms. The molecule has 1 unspecified atom stereocenters. The van der Waals surface area contributed by atoms with E-state index in [1.165, 1.54) is 29.2 Å². The van der Waals surface area contributed by atoms with Crippen LogP contribution in [0.1, 0.15) is 75.1 Å². The second-order valence-electron chi connectivity index (χ2n) is 10.2. The molecule has 3 aliphatic rings. The maximum absolute atomic E-state index is 13.1. The van der Waals surface area contributed by atoms with Crippen LogP contribution in [0.4, 0.5) is 0 Å². The van der Waals surface area contributed by atoms with Crippen LogP contribution in [-0.4, -0.2) is 63.0 Å². The maximum atomic E-state index is 13.1. The van der Waals surface area contributed by atoms with Gasteiger partial charge in [-0.25, -0.2) is 4.98 Å². The Hall–Kier alpha value is -3.48. The SMILES string of the molecule is CCCCCCCC(=O)Oc1cc2oc3c(C(=O)NCCCCN4C(=O)CC(SCO)C4=O)c(=O)ccc-3nc2cc1Cl. The average Bonchev–Trinajstić information content (AvgIpc) is 3.24. The van der Waals surface area contributed by atoms with E-state index in [2.05, 4.69) is 17.2 Å². The predicted molar refractivity (Wildman–Crippen MR) is 162 cm³/mol. The van der Waals surface area contributed by atoms with E-state index in [0.717, 1.165) is 37.4 Å². The fourth-order valence-corrected chi connectivity index (χ4v) is 5.72. The van der Waals surface area contributed by atoms with Crippen molar-refractivity contribution >= 4 is 58.2 Å². The van der Waals surface area contributed by atoms with Crippen LogP contribution in [0.3, 0.4) is 0 Å². The smallest absolute Gasteiger partial charge is 0.311 e. The summed E-state index contributed by atoms with van der Waals surface area (Å²) in [6, 6.07) is 5.59. The number of hydrogen-bond donors (Lipinski definition) is 2. The summed E-state index contributed by atoms with van der Waals surface area (Å²) in [5, 5.41) is 11.3. The number of aromatic nitrogens is 1. The van der Waals surface area contributed by atoms with Crippen molar-refractivity contribution in [1.82, 2.24) is 15.2 Å². The minimum absolute atomic E-state index is 0.0197. The number of esters is 1. The van der Waals surface area contributed by atoms with Crippen molar-refractivity contribution in [1.29, 1.82) is 0 Å². The summed E-state index contributed by atoms with van der Waals surface area (Å²) in [4.78, 5) is 68.2. The van der Waals surface area contributed by atoms with Gasteiger partial charge in [-0.05, 0) is 37.5 Å². The summed E-state index contributed by atoms with van der Waals surface area (Å²) >= 11 is 7.37. The zero-order valence-corrected chi connectivity index (χ0v) is 25.4. The highest BCUT2D eigenvalue weighted by Crippen LogP contribution is 2.34. The third-order valence-corrected chi connectivity index (χ3v) is 8.29. The van der Waals surface area contributed by atoms with Crippen molar-refractivity contribution in [3.8, 4) is 17.2 Å². The van der Waals surface area contributed by atoms with Crippen LogP contribution in [0, 0.1) is 0 Å². The molecule has 11 nitrogen and oxygen atoms in total. The van der Waals surface area contributed by atoms with E-state index in [-0.39, 0.29) is 77.1 Å². The van der Waals surface area contributed by atoms with Crippen LogP contribution in [0.2, 0.25) is 5.02 Å². The molecule has 4 rings (SSSR count). The van der Waals surface area contributed by atoms with Gasteiger partial charge in [0.1, 0.15) is 16.8 Å². The molecule has 1 aliphatic carbocycles. The monoisotopic (exact) mass is 631 g/mol. The van der Waals surface area contributed by atoms with E-state index in [1.54, 1.807) is 0 Å². The number of hydrogen-bond acceptors (Lipinski definition) is 10. The molecule has 0 saturated carbocycles. The molecule has 2 N–H and O–H groups in total. The van der Waals surface area contributed by atoms with Crippen LogP contribution in [0.5, 0.6) is 5.75 Å². The van der Waals surface area contributed by atoms with E-state index in [0.29, 0.717) is 24.8 Å². The summed E-state index contributed by atoms with van der Waals surface area (Å²) in [7, 11) is 0. The molecule has 0 aromatic heterocycles. The molecule has 0 radical (unpaired) electrons. The van der Waals surface area contributed by atoms with Gasteiger partial charge in [-0.3, -0.25) is 28.9 Å². The van der Waals surface area contributed by atoms with Crippen molar-refractivity contribution in [2.24, 2.45) is 0 Å². The van der Waals surface area contributed by atoms with E-state index >= 15 is 0 Å². The first-order chi connectivity index (χ1) is 20.7. The number of nitrogens with zero attached hydrogens (tertiary/aromatic N) is 2. The van der Waals surface area contributed by atoms with Gasteiger partial charge in [-0.2, -0.15) is 0 Å². The van der Waals surface area contributed by atoms with Gasteiger partial charge in [0, 0.05) is 32.0 Å². The first kappa shape index (κ1) is 32.4. The number of rotatable bonds is 15. The number of aliphatic hydroxyl groups is 1. The summed E-state index contributed by atoms with van der Waals surface area (Å²) in [6.07, 6.45) is 6.15. The topological polar surface area (TPSA) is 156 Å². The third-order valence-electron chi connectivity index (χ3n) is 7.07. The molecular formula is C30H34ClN3O8S. The first-order valence-corrected chi connectivity index (χ1v) is 15.8. The Morgan fingerprint density at radius 2 is 1.93 bits per heavy atom. The fourth-order valence-electron chi connectivity index (χ4n) is 4.81. The third kappa shape index (κ3) is 8.12. The van der Waals surface area contributed by atoms with Crippen molar-refractivity contribution in [2.75, 3.05) is 19.0 Å². The summed E-state index contributed by atoms with van der Waals surface area (Å²) in [5.41, 5.74) is 0.0273. The standard InChI is InChI=1S/C30H34ClN3O8S/c1-2-3-4-5-6-9-26(38)41-22-15-23-20(14-18(22)31)33-19-10-11-21(36)27(28(19)42-23)29(39)32-12-7-8-13-34-25(37)16-24(30(34)40)43-17-35/h10-11,14-15,24,35H,2-9,12-13,16-17H2,1H3,(H,32,39). The Labute approximate surface area is 257 Å². The zero-order chi connectivity index (χ0) is 30.9. The molecule has 230 valence electrons. The summed E-state index contributed by atoms with van der Waals surface area (Å²) in [5.74, 6) is -1.84. The number of imide groups is 1. The number of carbonyl (C=O) groups excluding carboxylic acids is 4. The highest BCUT2D eigenvalue weighted by Gasteiger charge is 2.38. The lowest BCUT2D eigenvalue weighted by molar-refractivity contribution is -0.138. The van der Waals surface area contributed by atoms with Crippen molar-refractivity contribution in [2.45, 2.75) is 70.0 Å². The van der Waals surface area contributed by atoms with Crippen LogP contribution in [-0.2, 0) is 14.4 Å². The van der Waals surface area contributed by atoms with E-state index in [9.17, 15) is 24.0 Å². The molecule has 2 aliphatic heterocycles. The van der Waals surface area contributed by atoms with E-state index < -0.39 is 22.6 Å². The second-order valence-corrected chi connectivity index (χ2v) is 11.8. The Morgan fingerprint density at radius 1 is 1.14 bits per heavy atom. The number of carbonyl (C=O) groups is 4. The lowest BCUT2D eigenvalue weighted by atomic mass is 10.1. The molecule has 43 heavy (non-hydrogen) atoms. The number of benzene rings is 2. The molecule has 1 saturated heterocycles. The molecule has 0 spiro atoms.